The third kappa shape index (κ3) is 10.3. The summed E-state index contributed by atoms with van der Waals surface area (Å²) in [6.45, 7) is 8.13. The van der Waals surface area contributed by atoms with Crippen molar-refractivity contribution < 1.29 is 28.7 Å². The van der Waals surface area contributed by atoms with Crippen LogP contribution in [0.25, 0.3) is 11.4 Å². The highest BCUT2D eigenvalue weighted by Crippen LogP contribution is 2.16. The van der Waals surface area contributed by atoms with E-state index in [-0.39, 0.29) is 55.6 Å². The number of Topliss-reactive ketones (excluding diaryl/α,β-unsaturated/α-hetero) is 3. The summed E-state index contributed by atoms with van der Waals surface area (Å²) >= 11 is 0. The van der Waals surface area contributed by atoms with E-state index in [0.717, 1.165) is 0 Å². The largest absolute Gasteiger partial charge is 0.379 e. The Bertz CT molecular complexity index is 1030. The highest BCUT2D eigenvalue weighted by Gasteiger charge is 2.16. The summed E-state index contributed by atoms with van der Waals surface area (Å²) in [6.07, 6.45) is 4.46. The highest BCUT2D eigenvalue weighted by molar-refractivity contribution is 5.96. The van der Waals surface area contributed by atoms with E-state index >= 15 is 0 Å². The van der Waals surface area contributed by atoms with Crippen molar-refractivity contribution in [3.05, 3.63) is 47.8 Å². The molecule has 0 aliphatic heterocycles. The molecule has 1 N–H and O–H groups in total. The Labute approximate surface area is 218 Å². The van der Waals surface area contributed by atoms with Crippen LogP contribution in [0.3, 0.4) is 0 Å². The van der Waals surface area contributed by atoms with E-state index in [1.807, 2.05) is 13.8 Å². The molecule has 2 heterocycles. The Morgan fingerprint density at radius 2 is 1.38 bits per heavy atom. The number of ether oxygens (including phenoxy) is 2. The summed E-state index contributed by atoms with van der Waals surface area (Å²) in [5.41, 5.74) is 2.07. The quantitative estimate of drug-likeness (QED) is 0.251. The molecule has 0 aliphatic rings. The van der Waals surface area contributed by atoms with Gasteiger partial charge in [-0.15, -0.1) is 0 Å². The first-order valence-electron chi connectivity index (χ1n) is 12.7. The van der Waals surface area contributed by atoms with Gasteiger partial charge in [0.1, 0.15) is 11.6 Å². The van der Waals surface area contributed by atoms with E-state index in [2.05, 4.69) is 15.3 Å². The molecular weight excluding hydrogens is 474 g/mol. The van der Waals surface area contributed by atoms with Crippen LogP contribution in [0, 0.1) is 5.92 Å². The minimum Gasteiger partial charge on any atom is -0.379 e. The summed E-state index contributed by atoms with van der Waals surface area (Å²) in [6, 6.07) is 6.30. The summed E-state index contributed by atoms with van der Waals surface area (Å²) < 4.78 is 11.2. The number of amides is 1. The van der Waals surface area contributed by atoms with Gasteiger partial charge in [0.2, 0.25) is 0 Å². The van der Waals surface area contributed by atoms with Gasteiger partial charge < -0.3 is 14.8 Å². The van der Waals surface area contributed by atoms with E-state index in [9.17, 15) is 19.2 Å². The topological polar surface area (TPSA) is 125 Å². The summed E-state index contributed by atoms with van der Waals surface area (Å²) in [4.78, 5) is 56.6. The number of pyridine rings is 2. The number of hydrogen-bond acceptors (Lipinski definition) is 8. The lowest BCUT2D eigenvalue weighted by Crippen LogP contribution is -2.42. The van der Waals surface area contributed by atoms with Gasteiger partial charge >= 0.3 is 0 Å². The van der Waals surface area contributed by atoms with Crippen LogP contribution >= 0.6 is 0 Å². The Kier molecular flexibility index (Phi) is 12.7. The molecule has 2 aromatic heterocycles. The Morgan fingerprint density at radius 1 is 0.811 bits per heavy atom. The van der Waals surface area contributed by atoms with E-state index in [4.69, 9.17) is 9.47 Å². The van der Waals surface area contributed by atoms with Crippen molar-refractivity contribution in [1.29, 1.82) is 0 Å². The molecule has 9 nitrogen and oxygen atoms in total. The number of carbonyl (C=O) groups excluding carboxylic acids is 4. The van der Waals surface area contributed by atoms with Gasteiger partial charge in [-0.1, -0.05) is 27.7 Å². The van der Waals surface area contributed by atoms with Crippen LogP contribution in [0.1, 0.15) is 74.1 Å². The van der Waals surface area contributed by atoms with Crippen molar-refractivity contribution >= 4 is 23.3 Å². The smallest absolute Gasteiger partial charge is 0.253 e. The van der Waals surface area contributed by atoms with E-state index in [1.165, 1.54) is 12.4 Å². The van der Waals surface area contributed by atoms with Gasteiger partial charge in [-0.05, 0) is 24.3 Å². The summed E-state index contributed by atoms with van der Waals surface area (Å²) in [5, 5.41) is 2.88. The zero-order valence-corrected chi connectivity index (χ0v) is 22.1. The molecule has 1 unspecified atom stereocenters. The molecule has 0 bridgehead atoms. The van der Waals surface area contributed by atoms with Crippen LogP contribution in [0.2, 0.25) is 0 Å². The van der Waals surface area contributed by atoms with Crippen molar-refractivity contribution in [2.45, 2.75) is 59.4 Å². The van der Waals surface area contributed by atoms with E-state index < -0.39 is 6.04 Å². The number of ketones is 3. The van der Waals surface area contributed by atoms with Gasteiger partial charge in [0.05, 0.1) is 49.4 Å². The maximum Gasteiger partial charge on any atom is 0.253 e. The van der Waals surface area contributed by atoms with E-state index in [0.29, 0.717) is 48.2 Å². The third-order valence-electron chi connectivity index (χ3n) is 5.72. The second kappa shape index (κ2) is 15.7. The van der Waals surface area contributed by atoms with Gasteiger partial charge in [-0.2, -0.15) is 0 Å². The van der Waals surface area contributed by atoms with Crippen molar-refractivity contribution in [1.82, 2.24) is 15.3 Å². The normalized spacial score (nSPS) is 11.8. The first-order chi connectivity index (χ1) is 17.7. The molecule has 2 rings (SSSR count). The van der Waals surface area contributed by atoms with Gasteiger partial charge in [0, 0.05) is 49.6 Å². The third-order valence-corrected chi connectivity index (χ3v) is 5.72. The number of nitrogens with zero attached hydrogens (tertiary/aromatic N) is 2. The minimum absolute atomic E-state index is 0.0185. The average molecular weight is 512 g/mol. The van der Waals surface area contributed by atoms with Crippen molar-refractivity contribution in [3.8, 4) is 11.4 Å². The first kappa shape index (κ1) is 29.9. The fourth-order valence-electron chi connectivity index (χ4n) is 3.27. The number of rotatable bonds is 17. The average Bonchev–Trinajstić information content (AvgIpc) is 2.92. The fourth-order valence-corrected chi connectivity index (χ4v) is 3.27. The molecule has 0 radical (unpaired) electrons. The molecule has 0 aromatic carbocycles. The molecule has 0 fully saturated rings. The van der Waals surface area contributed by atoms with Gasteiger partial charge in [-0.3, -0.25) is 29.1 Å². The zero-order chi connectivity index (χ0) is 27.2. The monoisotopic (exact) mass is 511 g/mol. The molecule has 0 spiro atoms. The van der Waals surface area contributed by atoms with Gasteiger partial charge in [0.15, 0.2) is 5.78 Å². The second-order valence-electron chi connectivity index (χ2n) is 8.97. The molecule has 9 heteroatoms. The van der Waals surface area contributed by atoms with Crippen molar-refractivity contribution in [2.24, 2.45) is 5.92 Å². The maximum atomic E-state index is 12.8. The van der Waals surface area contributed by atoms with E-state index in [1.54, 1.807) is 38.1 Å². The van der Waals surface area contributed by atoms with Crippen LogP contribution in [0.4, 0.5) is 0 Å². The Morgan fingerprint density at radius 3 is 1.86 bits per heavy atom. The van der Waals surface area contributed by atoms with Crippen molar-refractivity contribution in [3.63, 3.8) is 0 Å². The highest BCUT2D eigenvalue weighted by atomic mass is 16.5. The summed E-state index contributed by atoms with van der Waals surface area (Å²) in [5.74, 6) is -0.166. The first-order valence-corrected chi connectivity index (χ1v) is 12.7. The van der Waals surface area contributed by atoms with Crippen LogP contribution in [0.5, 0.6) is 0 Å². The number of hydrogen-bond donors (Lipinski definition) is 1. The Hall–Kier alpha value is -3.30. The van der Waals surface area contributed by atoms with Crippen molar-refractivity contribution in [2.75, 3.05) is 26.4 Å². The molecule has 2 aromatic rings. The molecule has 200 valence electrons. The van der Waals surface area contributed by atoms with Crippen LogP contribution < -0.4 is 5.32 Å². The molecule has 1 amide bonds. The zero-order valence-electron chi connectivity index (χ0n) is 22.1. The lowest BCUT2D eigenvalue weighted by atomic mass is 10.1. The molecular formula is C28H37N3O6. The predicted molar refractivity (Wildman–Crippen MR) is 139 cm³/mol. The van der Waals surface area contributed by atoms with Crippen LogP contribution in [-0.4, -0.2) is 65.7 Å². The van der Waals surface area contributed by atoms with Gasteiger partial charge in [0.25, 0.3) is 5.91 Å². The molecule has 0 aliphatic carbocycles. The predicted octanol–water partition coefficient (Wildman–Crippen LogP) is 3.85. The van der Waals surface area contributed by atoms with Crippen LogP contribution in [-0.2, 0) is 19.1 Å². The summed E-state index contributed by atoms with van der Waals surface area (Å²) in [7, 11) is 0. The minimum atomic E-state index is -0.469. The number of carbonyl (C=O) groups is 4. The Balaban J connectivity index is 1.97. The number of nitrogens with one attached hydrogen (secondary N) is 1. The second-order valence-corrected chi connectivity index (χ2v) is 8.97. The maximum absolute atomic E-state index is 12.8. The fraction of sp³-hybridized carbons (Fsp3) is 0.500. The lowest BCUT2D eigenvalue weighted by molar-refractivity contribution is -0.123. The molecule has 0 saturated heterocycles. The SMILES string of the molecule is CCC(=O)CCOCC(COCCC(=O)C(C)C)NC(=O)c1ccc(-c2ccc(C(=O)CC)cn2)nc1. The molecule has 1 atom stereocenters. The van der Waals surface area contributed by atoms with Gasteiger partial charge in [-0.25, -0.2) is 0 Å². The molecule has 37 heavy (non-hydrogen) atoms. The lowest BCUT2D eigenvalue weighted by Gasteiger charge is -2.19. The van der Waals surface area contributed by atoms with Crippen LogP contribution in [0.15, 0.2) is 36.7 Å². The molecule has 0 saturated carbocycles. The standard InChI is InChI=1S/C28H37N3O6/c1-5-23(32)11-13-36-17-22(18-37-14-12-27(34)19(3)4)31-28(35)21-8-10-25(30-16-21)24-9-7-20(15-29-24)26(33)6-2/h7-10,15-16,19,22H,5-6,11-14,17-18H2,1-4H3,(H,31,35). The number of aromatic nitrogens is 2.